The Morgan fingerprint density at radius 2 is 1.80 bits per heavy atom. The molecule has 1 fully saturated rings. The minimum atomic E-state index is -0.483. The first kappa shape index (κ1) is 29.0. The van der Waals surface area contributed by atoms with Gasteiger partial charge in [-0.15, -0.1) is 11.8 Å². The highest BCUT2D eigenvalue weighted by atomic mass is 32.2. The predicted molar refractivity (Wildman–Crippen MR) is 156 cm³/mol. The molecule has 0 spiro atoms. The van der Waals surface area contributed by atoms with Gasteiger partial charge in [-0.3, -0.25) is 14.8 Å². The summed E-state index contributed by atoms with van der Waals surface area (Å²) in [6.07, 6.45) is 1.33. The fraction of sp³-hybridized carbons (Fsp3) is 0.290. The summed E-state index contributed by atoms with van der Waals surface area (Å²) in [5.41, 5.74) is 5.33. The molecule has 9 heteroatoms. The van der Waals surface area contributed by atoms with Crippen molar-refractivity contribution in [3.8, 4) is 5.75 Å². The number of hydrogen-bond donors (Lipinski definition) is 3. The summed E-state index contributed by atoms with van der Waals surface area (Å²) in [5.74, 6) is 2.72. The third-order valence-electron chi connectivity index (χ3n) is 6.78. The maximum atomic E-state index is 13.4. The molecule has 2 unspecified atom stereocenters. The topological polar surface area (TPSA) is 108 Å². The SMILES string of the molecule is CC(CCNC(=O)c1ccccc1C1SCC(=C=O)N1c1ccccc1OCCCC(=O)NO)c1ccccc1. The lowest BCUT2D eigenvalue weighted by Gasteiger charge is -2.29. The number of nitrogens with one attached hydrogen (secondary N) is 2. The number of nitrogens with zero attached hydrogens (tertiary/aromatic N) is 1. The van der Waals surface area contributed by atoms with Crippen LogP contribution in [-0.4, -0.2) is 41.9 Å². The lowest BCUT2D eigenvalue weighted by Crippen LogP contribution is -2.29. The van der Waals surface area contributed by atoms with Gasteiger partial charge >= 0.3 is 0 Å². The Hall–Kier alpha value is -4.04. The van der Waals surface area contributed by atoms with Crippen molar-refractivity contribution in [1.82, 2.24) is 10.8 Å². The fourth-order valence-corrected chi connectivity index (χ4v) is 5.93. The number of anilines is 1. The van der Waals surface area contributed by atoms with Gasteiger partial charge in [0.15, 0.2) is 0 Å². The average Bonchev–Trinajstić information content (AvgIpc) is 3.43. The summed E-state index contributed by atoms with van der Waals surface area (Å²) in [6.45, 7) is 2.93. The van der Waals surface area contributed by atoms with Crippen LogP contribution in [0.3, 0.4) is 0 Å². The molecule has 1 saturated heterocycles. The highest BCUT2D eigenvalue weighted by Gasteiger charge is 2.36. The zero-order valence-corrected chi connectivity index (χ0v) is 23.2. The molecule has 0 saturated carbocycles. The number of hydrogen-bond acceptors (Lipinski definition) is 7. The van der Waals surface area contributed by atoms with Gasteiger partial charge in [0.25, 0.3) is 5.91 Å². The largest absolute Gasteiger partial charge is 0.491 e. The second-order valence-electron chi connectivity index (χ2n) is 9.48. The fourth-order valence-electron chi connectivity index (χ4n) is 4.64. The third kappa shape index (κ3) is 7.12. The third-order valence-corrected chi connectivity index (χ3v) is 8.00. The number of ether oxygens (including phenoxy) is 1. The molecule has 0 aromatic heterocycles. The number of carbonyl (C=O) groups excluding carboxylic acids is 3. The van der Waals surface area contributed by atoms with E-state index in [1.165, 1.54) is 5.56 Å². The smallest absolute Gasteiger partial charge is 0.251 e. The summed E-state index contributed by atoms with van der Waals surface area (Å²) in [4.78, 5) is 38.5. The number of thioether (sulfide) groups is 1. The van der Waals surface area contributed by atoms with Gasteiger partial charge in [0.1, 0.15) is 22.8 Å². The van der Waals surface area contributed by atoms with E-state index in [2.05, 4.69) is 30.3 Å². The highest BCUT2D eigenvalue weighted by Crippen LogP contribution is 2.48. The van der Waals surface area contributed by atoms with Crippen molar-refractivity contribution >= 4 is 35.2 Å². The Bertz CT molecular complexity index is 1360. The van der Waals surface area contributed by atoms with E-state index in [9.17, 15) is 14.4 Å². The van der Waals surface area contributed by atoms with Crippen molar-refractivity contribution in [3.05, 3.63) is 101 Å². The summed E-state index contributed by atoms with van der Waals surface area (Å²) >= 11 is 1.54. The number of carbonyl (C=O) groups is 2. The van der Waals surface area contributed by atoms with Crippen LogP contribution in [0.15, 0.2) is 84.6 Å². The monoisotopic (exact) mass is 559 g/mol. The molecule has 3 aromatic carbocycles. The highest BCUT2D eigenvalue weighted by molar-refractivity contribution is 8.00. The second-order valence-corrected chi connectivity index (χ2v) is 10.5. The minimum Gasteiger partial charge on any atom is -0.491 e. The van der Waals surface area contributed by atoms with Crippen molar-refractivity contribution in [1.29, 1.82) is 0 Å². The van der Waals surface area contributed by atoms with E-state index in [0.29, 0.717) is 47.3 Å². The molecule has 0 radical (unpaired) electrons. The molecular formula is C31H33N3O5S. The summed E-state index contributed by atoms with van der Waals surface area (Å²) < 4.78 is 5.98. The Morgan fingerprint density at radius 3 is 2.58 bits per heavy atom. The molecule has 8 nitrogen and oxygen atoms in total. The minimum absolute atomic E-state index is 0.118. The lowest BCUT2D eigenvalue weighted by molar-refractivity contribution is -0.129. The van der Waals surface area contributed by atoms with Crippen molar-refractivity contribution in [2.75, 3.05) is 23.8 Å². The van der Waals surface area contributed by atoms with E-state index >= 15 is 0 Å². The van der Waals surface area contributed by atoms with Crippen LogP contribution in [0.25, 0.3) is 0 Å². The Labute approximate surface area is 238 Å². The molecule has 3 N–H and O–H groups in total. The van der Waals surface area contributed by atoms with Gasteiger partial charge in [0.05, 0.1) is 12.3 Å². The molecule has 40 heavy (non-hydrogen) atoms. The van der Waals surface area contributed by atoms with Gasteiger partial charge in [0, 0.05) is 24.3 Å². The normalized spacial score (nSPS) is 15.3. The Morgan fingerprint density at radius 1 is 1.07 bits per heavy atom. The van der Waals surface area contributed by atoms with Gasteiger partial charge in [-0.1, -0.05) is 67.6 Å². The van der Waals surface area contributed by atoms with E-state index in [4.69, 9.17) is 9.94 Å². The summed E-state index contributed by atoms with van der Waals surface area (Å²) in [7, 11) is 0. The van der Waals surface area contributed by atoms with Crippen LogP contribution < -0.4 is 20.4 Å². The van der Waals surface area contributed by atoms with E-state index in [-0.39, 0.29) is 24.3 Å². The van der Waals surface area contributed by atoms with E-state index < -0.39 is 5.91 Å². The van der Waals surface area contributed by atoms with Crippen LogP contribution in [0, 0.1) is 0 Å². The van der Waals surface area contributed by atoms with E-state index in [1.54, 1.807) is 29.4 Å². The van der Waals surface area contributed by atoms with Crippen LogP contribution in [0.2, 0.25) is 0 Å². The zero-order valence-electron chi connectivity index (χ0n) is 22.3. The quantitative estimate of drug-likeness (QED) is 0.121. The van der Waals surface area contributed by atoms with Crippen LogP contribution in [-0.2, 0) is 9.59 Å². The van der Waals surface area contributed by atoms with Crippen LogP contribution in [0.5, 0.6) is 5.75 Å². The average molecular weight is 560 g/mol. The van der Waals surface area contributed by atoms with Gasteiger partial charge in [0.2, 0.25) is 5.91 Å². The lowest BCUT2D eigenvalue weighted by atomic mass is 9.98. The molecule has 208 valence electrons. The molecule has 0 bridgehead atoms. The maximum Gasteiger partial charge on any atom is 0.251 e. The van der Waals surface area contributed by atoms with Gasteiger partial charge in [-0.05, 0) is 48.1 Å². The van der Waals surface area contributed by atoms with Crippen LogP contribution in [0.1, 0.15) is 59.0 Å². The van der Waals surface area contributed by atoms with Crippen molar-refractivity contribution in [2.24, 2.45) is 0 Å². The van der Waals surface area contributed by atoms with Crippen molar-refractivity contribution in [3.63, 3.8) is 0 Å². The molecule has 1 aliphatic rings. The molecule has 2 atom stereocenters. The van der Waals surface area contributed by atoms with Gasteiger partial charge < -0.3 is 15.0 Å². The number of benzene rings is 3. The summed E-state index contributed by atoms with van der Waals surface area (Å²) in [6, 6.07) is 25.0. The van der Waals surface area contributed by atoms with Crippen LogP contribution in [0.4, 0.5) is 5.69 Å². The molecule has 4 rings (SSSR count). The number of para-hydroxylation sites is 2. The van der Waals surface area contributed by atoms with Gasteiger partial charge in [-0.25, -0.2) is 10.3 Å². The first-order valence-corrected chi connectivity index (χ1v) is 14.3. The Kier molecular flexibility index (Phi) is 10.4. The van der Waals surface area contributed by atoms with Crippen molar-refractivity contribution < 1.29 is 24.3 Å². The van der Waals surface area contributed by atoms with Gasteiger partial charge in [-0.2, -0.15) is 0 Å². The van der Waals surface area contributed by atoms with E-state index in [0.717, 1.165) is 12.0 Å². The molecule has 2 amide bonds. The maximum absolute atomic E-state index is 13.4. The summed E-state index contributed by atoms with van der Waals surface area (Å²) in [5, 5.41) is 11.4. The number of hydroxylamine groups is 1. The number of amides is 2. The first-order chi connectivity index (χ1) is 19.5. The van der Waals surface area contributed by atoms with Crippen molar-refractivity contribution in [2.45, 2.75) is 37.5 Å². The van der Waals surface area contributed by atoms with E-state index in [1.807, 2.05) is 59.5 Å². The standard InChI is InChI=1S/C31H33N3O5S/c1-22(23-10-3-2-4-11-23)17-18-32-30(37)25-12-5-6-13-26(25)31-34(24(20-35)21-40-31)27-14-7-8-15-28(27)39-19-9-16-29(36)33-38/h2-8,10-15,22,31,38H,9,16-19,21H2,1H3,(H,32,37)(H,33,36). The molecular weight excluding hydrogens is 526 g/mol. The molecule has 1 aliphatic heterocycles. The predicted octanol–water partition coefficient (Wildman–Crippen LogP) is 5.24. The van der Waals surface area contributed by atoms with Crippen LogP contribution >= 0.6 is 11.8 Å². The molecule has 0 aliphatic carbocycles. The molecule has 1 heterocycles. The number of rotatable bonds is 12. The second kappa shape index (κ2) is 14.4. The molecule has 3 aromatic rings. The first-order valence-electron chi connectivity index (χ1n) is 13.2. The Balaban J connectivity index is 1.51. The zero-order chi connectivity index (χ0) is 28.3.